The number of anilines is 1. The van der Waals surface area contributed by atoms with Gasteiger partial charge in [-0.05, 0) is 32.3 Å². The Labute approximate surface area is 103 Å². The molecule has 2 aromatic heterocycles. The molecular formula is C14H21N3. The normalized spacial score (nSPS) is 11.7. The minimum atomic E-state index is 0.449. The van der Waals surface area contributed by atoms with Gasteiger partial charge in [0.25, 0.3) is 0 Å². The van der Waals surface area contributed by atoms with Gasteiger partial charge in [-0.25, -0.2) is 0 Å². The average Bonchev–Trinajstić information content (AvgIpc) is 2.48. The number of rotatable bonds is 1. The predicted molar refractivity (Wildman–Crippen MR) is 73.4 cm³/mol. The lowest BCUT2D eigenvalue weighted by atomic mass is 10.1. The van der Waals surface area contributed by atoms with Gasteiger partial charge in [-0.1, -0.05) is 13.8 Å². The fourth-order valence-electron chi connectivity index (χ4n) is 2.54. The van der Waals surface area contributed by atoms with Crippen LogP contribution in [0, 0.1) is 20.8 Å². The quantitative estimate of drug-likeness (QED) is 0.819. The molecule has 92 valence electrons. The third-order valence-corrected chi connectivity index (χ3v) is 3.75. The Kier molecular flexibility index (Phi) is 2.64. The van der Waals surface area contributed by atoms with E-state index in [4.69, 9.17) is 10.7 Å². The second-order valence-corrected chi connectivity index (χ2v) is 5.14. The predicted octanol–water partition coefficient (Wildman–Crippen LogP) is 3.20. The first-order chi connectivity index (χ1) is 7.86. The summed E-state index contributed by atoms with van der Waals surface area (Å²) in [5, 5.41) is 1.12. The Bertz CT molecular complexity index is 592. The highest BCUT2D eigenvalue weighted by Crippen LogP contribution is 2.34. The van der Waals surface area contributed by atoms with Crippen molar-refractivity contribution in [3.05, 3.63) is 22.6 Å². The van der Waals surface area contributed by atoms with Crippen molar-refractivity contribution in [1.29, 1.82) is 0 Å². The maximum absolute atomic E-state index is 6.25. The van der Waals surface area contributed by atoms with Crippen molar-refractivity contribution < 1.29 is 0 Å². The summed E-state index contributed by atoms with van der Waals surface area (Å²) in [6, 6.07) is 0. The van der Waals surface area contributed by atoms with Gasteiger partial charge in [0.15, 0.2) is 0 Å². The lowest BCUT2D eigenvalue weighted by Gasteiger charge is -2.09. The van der Waals surface area contributed by atoms with Crippen molar-refractivity contribution in [3.63, 3.8) is 0 Å². The molecular weight excluding hydrogens is 210 g/mol. The molecule has 2 N–H and O–H groups in total. The van der Waals surface area contributed by atoms with Crippen LogP contribution in [0.25, 0.3) is 10.9 Å². The number of nitrogens with two attached hydrogens (primary N) is 1. The topological polar surface area (TPSA) is 43.8 Å². The number of aryl methyl sites for hydroxylation is 2. The van der Waals surface area contributed by atoms with E-state index >= 15 is 0 Å². The lowest BCUT2D eigenvalue weighted by molar-refractivity contribution is 0.731. The first kappa shape index (κ1) is 12.0. The van der Waals surface area contributed by atoms with Crippen molar-refractivity contribution in [1.82, 2.24) is 9.55 Å². The molecule has 0 radical (unpaired) electrons. The van der Waals surface area contributed by atoms with Gasteiger partial charge in [-0.2, -0.15) is 0 Å². The molecule has 0 saturated heterocycles. The Morgan fingerprint density at radius 1 is 1.18 bits per heavy atom. The van der Waals surface area contributed by atoms with Crippen LogP contribution in [0.5, 0.6) is 0 Å². The van der Waals surface area contributed by atoms with Crippen LogP contribution in [0.4, 0.5) is 5.69 Å². The number of nitrogen functional groups attached to an aromatic ring is 1. The second-order valence-electron chi connectivity index (χ2n) is 5.14. The van der Waals surface area contributed by atoms with Crippen LogP contribution in [0.1, 0.15) is 42.4 Å². The Balaban J connectivity index is 3.01. The Morgan fingerprint density at radius 3 is 2.29 bits per heavy atom. The van der Waals surface area contributed by atoms with E-state index < -0.39 is 0 Å². The highest BCUT2D eigenvalue weighted by molar-refractivity contribution is 5.96. The number of hydrogen-bond donors (Lipinski definition) is 1. The number of hydrogen-bond acceptors (Lipinski definition) is 2. The fourth-order valence-corrected chi connectivity index (χ4v) is 2.54. The van der Waals surface area contributed by atoms with E-state index in [0.717, 1.165) is 27.8 Å². The van der Waals surface area contributed by atoms with Crippen LogP contribution in [-0.4, -0.2) is 9.55 Å². The zero-order valence-corrected chi connectivity index (χ0v) is 11.5. The van der Waals surface area contributed by atoms with E-state index in [2.05, 4.69) is 32.4 Å². The number of nitrogens with zero attached hydrogens (tertiary/aromatic N) is 2. The standard InChI is InChI=1S/C14H21N3/c1-7(2)14-13-11(10(5)17(14)6)12(15)8(3)9(4)16-13/h7H,15H2,1-6H3. The molecule has 0 amide bonds. The molecule has 17 heavy (non-hydrogen) atoms. The molecule has 2 heterocycles. The Hall–Kier alpha value is -1.51. The van der Waals surface area contributed by atoms with Gasteiger partial charge in [0, 0.05) is 35.2 Å². The van der Waals surface area contributed by atoms with Gasteiger partial charge in [0.2, 0.25) is 0 Å². The lowest BCUT2D eigenvalue weighted by Crippen LogP contribution is -2.00. The van der Waals surface area contributed by atoms with Crippen LogP contribution >= 0.6 is 0 Å². The second kappa shape index (κ2) is 3.76. The maximum atomic E-state index is 6.25. The van der Waals surface area contributed by atoms with Gasteiger partial charge >= 0.3 is 0 Å². The SMILES string of the molecule is Cc1nc2c(C(C)C)n(C)c(C)c2c(N)c1C. The summed E-state index contributed by atoms with van der Waals surface area (Å²) in [5.41, 5.74) is 12.8. The monoisotopic (exact) mass is 231 g/mol. The number of pyridine rings is 1. The van der Waals surface area contributed by atoms with Crippen molar-refractivity contribution in [2.75, 3.05) is 5.73 Å². The molecule has 2 aromatic rings. The molecule has 3 heteroatoms. The van der Waals surface area contributed by atoms with E-state index in [1.165, 1.54) is 11.4 Å². The van der Waals surface area contributed by atoms with Crippen LogP contribution in [0.3, 0.4) is 0 Å². The molecule has 0 spiro atoms. The van der Waals surface area contributed by atoms with Crippen LogP contribution in [0.15, 0.2) is 0 Å². The molecule has 0 atom stereocenters. The summed E-state index contributed by atoms with van der Waals surface area (Å²) < 4.78 is 2.22. The fraction of sp³-hybridized carbons (Fsp3) is 0.500. The first-order valence-corrected chi connectivity index (χ1v) is 6.07. The summed E-state index contributed by atoms with van der Waals surface area (Å²) in [7, 11) is 2.09. The van der Waals surface area contributed by atoms with Gasteiger partial charge in [0.05, 0.1) is 5.52 Å². The first-order valence-electron chi connectivity index (χ1n) is 6.07. The molecule has 0 aliphatic heterocycles. The smallest absolute Gasteiger partial charge is 0.0940 e. The maximum Gasteiger partial charge on any atom is 0.0940 e. The summed E-state index contributed by atoms with van der Waals surface area (Å²) in [6.45, 7) is 10.6. The van der Waals surface area contributed by atoms with Gasteiger partial charge in [-0.3, -0.25) is 4.98 Å². The number of fused-ring (bicyclic) bond motifs is 1. The van der Waals surface area contributed by atoms with Crippen LogP contribution < -0.4 is 5.73 Å². The molecule has 0 fully saturated rings. The minimum Gasteiger partial charge on any atom is -0.398 e. The van der Waals surface area contributed by atoms with Crippen molar-refractivity contribution in [2.45, 2.75) is 40.5 Å². The molecule has 0 saturated carbocycles. The van der Waals surface area contributed by atoms with Crippen LogP contribution in [0.2, 0.25) is 0 Å². The molecule has 0 aliphatic carbocycles. The molecule has 0 aliphatic rings. The molecule has 3 nitrogen and oxygen atoms in total. The summed E-state index contributed by atoms with van der Waals surface area (Å²) in [5.74, 6) is 0.449. The average molecular weight is 231 g/mol. The van der Waals surface area contributed by atoms with Gasteiger partial charge in [-0.15, -0.1) is 0 Å². The molecule has 2 rings (SSSR count). The number of aromatic nitrogens is 2. The third-order valence-electron chi connectivity index (χ3n) is 3.75. The molecule has 0 bridgehead atoms. The molecule has 0 aromatic carbocycles. The van der Waals surface area contributed by atoms with Crippen molar-refractivity contribution in [2.24, 2.45) is 7.05 Å². The van der Waals surface area contributed by atoms with Gasteiger partial charge in [0.1, 0.15) is 0 Å². The van der Waals surface area contributed by atoms with E-state index in [9.17, 15) is 0 Å². The van der Waals surface area contributed by atoms with E-state index in [0.29, 0.717) is 5.92 Å². The van der Waals surface area contributed by atoms with Gasteiger partial charge < -0.3 is 10.3 Å². The summed E-state index contributed by atoms with van der Waals surface area (Å²) >= 11 is 0. The Morgan fingerprint density at radius 2 is 1.76 bits per heavy atom. The zero-order chi connectivity index (χ0) is 12.9. The third kappa shape index (κ3) is 1.53. The molecule has 0 unspecified atom stereocenters. The van der Waals surface area contributed by atoms with E-state index in [1.807, 2.05) is 13.8 Å². The highest BCUT2D eigenvalue weighted by Gasteiger charge is 2.19. The zero-order valence-electron chi connectivity index (χ0n) is 11.5. The summed E-state index contributed by atoms with van der Waals surface area (Å²) in [4.78, 5) is 4.74. The summed E-state index contributed by atoms with van der Waals surface area (Å²) in [6.07, 6.45) is 0. The van der Waals surface area contributed by atoms with Crippen molar-refractivity contribution in [3.8, 4) is 0 Å². The van der Waals surface area contributed by atoms with Crippen molar-refractivity contribution >= 4 is 16.6 Å². The van der Waals surface area contributed by atoms with Crippen LogP contribution in [-0.2, 0) is 7.05 Å². The highest BCUT2D eigenvalue weighted by atomic mass is 15.0. The minimum absolute atomic E-state index is 0.449. The van der Waals surface area contributed by atoms with E-state index in [-0.39, 0.29) is 0 Å². The van der Waals surface area contributed by atoms with E-state index in [1.54, 1.807) is 0 Å². The largest absolute Gasteiger partial charge is 0.398 e.